The number of Topliss-reactive ketones (excluding diaryl/α,β-unsaturated/α-hetero) is 1. The maximum Gasteiger partial charge on any atom is 0.309 e. The van der Waals surface area contributed by atoms with E-state index in [1.165, 1.54) is 18.3 Å². The van der Waals surface area contributed by atoms with Crippen LogP contribution in [-0.2, 0) is 20.9 Å². The first-order valence-electron chi connectivity index (χ1n) is 9.91. The molecule has 3 rings (SSSR count). The zero-order valence-electron chi connectivity index (χ0n) is 17.1. The number of piperidine rings is 1. The number of carbonyl (C=O) groups is 4. The zero-order valence-corrected chi connectivity index (χ0v) is 18.6. The number of carbonyl (C=O) groups excluding carboxylic acids is 4. The van der Waals surface area contributed by atoms with Crippen LogP contribution in [-0.4, -0.2) is 48.2 Å². The molecule has 7 nitrogen and oxygen atoms in total. The highest BCUT2D eigenvalue weighted by atomic mass is 35.5. The van der Waals surface area contributed by atoms with Gasteiger partial charge in [0.2, 0.25) is 11.7 Å². The van der Waals surface area contributed by atoms with Crippen LogP contribution in [0, 0.1) is 5.92 Å². The first-order chi connectivity index (χ1) is 14.8. The summed E-state index contributed by atoms with van der Waals surface area (Å²) in [5, 5.41) is 3.24. The second-order valence-corrected chi connectivity index (χ2v) is 8.88. The highest BCUT2D eigenvalue weighted by Gasteiger charge is 2.29. The van der Waals surface area contributed by atoms with E-state index in [1.54, 1.807) is 41.3 Å². The Bertz CT molecular complexity index is 965. The van der Waals surface area contributed by atoms with Crippen LogP contribution in [0.2, 0.25) is 5.02 Å². The highest BCUT2D eigenvalue weighted by molar-refractivity contribution is 7.14. The molecule has 1 aliphatic rings. The number of halogens is 1. The zero-order chi connectivity index (χ0) is 22.4. The third-order valence-electron chi connectivity index (χ3n) is 5.00. The molecule has 1 aromatic carbocycles. The van der Waals surface area contributed by atoms with Gasteiger partial charge in [-0.25, -0.2) is 0 Å². The van der Waals surface area contributed by atoms with Gasteiger partial charge in [0.1, 0.15) is 0 Å². The summed E-state index contributed by atoms with van der Waals surface area (Å²) in [6.07, 6.45) is 0.985. The molecule has 0 aliphatic carbocycles. The van der Waals surface area contributed by atoms with E-state index in [1.807, 2.05) is 0 Å². The maximum atomic E-state index is 12.5. The first kappa shape index (κ1) is 23.0. The Morgan fingerprint density at radius 3 is 2.42 bits per heavy atom. The Morgan fingerprint density at radius 2 is 1.77 bits per heavy atom. The molecule has 1 aliphatic heterocycles. The summed E-state index contributed by atoms with van der Waals surface area (Å²) in [7, 11) is 0. The molecule has 2 aromatic rings. The number of nitrogens with zero attached hydrogens (tertiary/aromatic N) is 1. The van der Waals surface area contributed by atoms with Gasteiger partial charge in [0.25, 0.3) is 5.91 Å². The van der Waals surface area contributed by atoms with Crippen LogP contribution in [0.3, 0.4) is 0 Å². The normalized spacial score (nSPS) is 14.2. The Labute approximate surface area is 189 Å². The lowest BCUT2D eigenvalue weighted by Gasteiger charge is -2.31. The number of benzene rings is 1. The lowest BCUT2D eigenvalue weighted by molar-refractivity contribution is -0.148. The molecule has 0 atom stereocenters. The number of hydrogen-bond acceptors (Lipinski definition) is 6. The summed E-state index contributed by atoms with van der Waals surface area (Å²) in [5.74, 6) is -1.26. The van der Waals surface area contributed by atoms with Crippen molar-refractivity contribution >= 4 is 46.5 Å². The Balaban J connectivity index is 1.43. The van der Waals surface area contributed by atoms with Gasteiger partial charge in [-0.2, -0.15) is 0 Å². The summed E-state index contributed by atoms with van der Waals surface area (Å²) in [5.41, 5.74) is 0.560. The van der Waals surface area contributed by atoms with Crippen molar-refractivity contribution in [2.45, 2.75) is 26.3 Å². The number of amides is 2. The maximum absolute atomic E-state index is 12.5. The van der Waals surface area contributed by atoms with E-state index in [4.69, 9.17) is 16.3 Å². The standard InChI is InChI=1S/C22H23ClN2O5S/c1-14(26)24-12-18-6-7-20(31-18)19(27)13-30-22(29)16-8-10-25(11-9-16)21(28)15-2-4-17(23)5-3-15/h2-7,16H,8-13H2,1H3,(H,24,26). The van der Waals surface area contributed by atoms with Crippen molar-refractivity contribution in [3.8, 4) is 0 Å². The molecule has 1 N–H and O–H groups in total. The van der Waals surface area contributed by atoms with Gasteiger partial charge in [0.05, 0.1) is 17.3 Å². The van der Waals surface area contributed by atoms with Crippen molar-refractivity contribution in [1.82, 2.24) is 10.2 Å². The number of hydrogen-bond donors (Lipinski definition) is 1. The third-order valence-corrected chi connectivity index (χ3v) is 6.38. The molecule has 9 heteroatoms. The molecule has 164 valence electrons. The smallest absolute Gasteiger partial charge is 0.309 e. The van der Waals surface area contributed by atoms with Gasteiger partial charge in [0, 0.05) is 35.5 Å². The molecular weight excluding hydrogens is 440 g/mol. The largest absolute Gasteiger partial charge is 0.457 e. The first-order valence-corrected chi connectivity index (χ1v) is 11.1. The van der Waals surface area contributed by atoms with Crippen LogP contribution >= 0.6 is 22.9 Å². The SMILES string of the molecule is CC(=O)NCc1ccc(C(=O)COC(=O)C2CCN(C(=O)c3ccc(Cl)cc3)CC2)s1. The molecular formula is C22H23ClN2O5S. The van der Waals surface area contributed by atoms with E-state index >= 15 is 0 Å². The predicted molar refractivity (Wildman–Crippen MR) is 117 cm³/mol. The van der Waals surface area contributed by atoms with E-state index in [0.29, 0.717) is 47.9 Å². The van der Waals surface area contributed by atoms with Crippen molar-refractivity contribution in [3.05, 3.63) is 56.7 Å². The molecule has 0 bridgehead atoms. The van der Waals surface area contributed by atoms with Crippen molar-refractivity contribution in [1.29, 1.82) is 0 Å². The number of rotatable bonds is 7. The topological polar surface area (TPSA) is 92.8 Å². The lowest BCUT2D eigenvalue weighted by atomic mass is 9.96. The van der Waals surface area contributed by atoms with E-state index < -0.39 is 5.97 Å². The number of nitrogens with one attached hydrogen (secondary N) is 1. The van der Waals surface area contributed by atoms with Crippen molar-refractivity contribution in [2.24, 2.45) is 5.92 Å². The molecule has 0 saturated carbocycles. The van der Waals surface area contributed by atoms with E-state index in [2.05, 4.69) is 5.32 Å². The summed E-state index contributed by atoms with van der Waals surface area (Å²) in [4.78, 5) is 51.2. The third kappa shape index (κ3) is 6.38. The molecule has 2 amide bonds. The molecule has 0 spiro atoms. The van der Waals surface area contributed by atoms with Crippen LogP contribution in [0.15, 0.2) is 36.4 Å². The average molecular weight is 463 g/mol. The summed E-state index contributed by atoms with van der Waals surface area (Å²) in [6.45, 7) is 2.37. The van der Waals surface area contributed by atoms with E-state index in [0.717, 1.165) is 4.88 Å². The second kappa shape index (κ2) is 10.5. The van der Waals surface area contributed by atoms with Crippen LogP contribution in [0.1, 0.15) is 44.7 Å². The number of likely N-dealkylation sites (tertiary alicyclic amines) is 1. The Morgan fingerprint density at radius 1 is 1.10 bits per heavy atom. The monoisotopic (exact) mass is 462 g/mol. The average Bonchev–Trinajstić information content (AvgIpc) is 3.25. The Hall–Kier alpha value is -2.71. The fraction of sp³-hybridized carbons (Fsp3) is 0.364. The molecule has 1 saturated heterocycles. The number of ketones is 1. The van der Waals surface area contributed by atoms with Crippen LogP contribution in [0.5, 0.6) is 0 Å². The quantitative estimate of drug-likeness (QED) is 0.503. The number of esters is 1. The Kier molecular flexibility index (Phi) is 7.81. The van der Waals surface area contributed by atoms with Gasteiger partial charge in [-0.05, 0) is 49.2 Å². The van der Waals surface area contributed by atoms with Crippen LogP contribution in [0.4, 0.5) is 0 Å². The minimum absolute atomic E-state index is 0.0913. The number of ether oxygens (including phenoxy) is 1. The molecule has 0 unspecified atom stereocenters. The second-order valence-electron chi connectivity index (χ2n) is 7.28. The summed E-state index contributed by atoms with van der Waals surface area (Å²) >= 11 is 7.12. The van der Waals surface area contributed by atoms with Gasteiger partial charge in [-0.3, -0.25) is 19.2 Å². The molecule has 31 heavy (non-hydrogen) atoms. The molecule has 2 heterocycles. The van der Waals surface area contributed by atoms with Gasteiger partial charge in [0.15, 0.2) is 6.61 Å². The van der Waals surface area contributed by atoms with Crippen molar-refractivity contribution in [2.75, 3.05) is 19.7 Å². The van der Waals surface area contributed by atoms with Gasteiger partial charge >= 0.3 is 5.97 Å². The minimum atomic E-state index is -0.415. The lowest BCUT2D eigenvalue weighted by Crippen LogP contribution is -2.40. The summed E-state index contributed by atoms with van der Waals surface area (Å²) in [6, 6.07) is 10.1. The van der Waals surface area contributed by atoms with Crippen LogP contribution < -0.4 is 5.32 Å². The van der Waals surface area contributed by atoms with Gasteiger partial charge in [-0.1, -0.05) is 11.6 Å². The van der Waals surface area contributed by atoms with Crippen molar-refractivity contribution < 1.29 is 23.9 Å². The molecule has 1 fully saturated rings. The fourth-order valence-corrected chi connectivity index (χ4v) is 4.25. The van der Waals surface area contributed by atoms with Crippen molar-refractivity contribution in [3.63, 3.8) is 0 Å². The molecule has 0 radical (unpaired) electrons. The van der Waals surface area contributed by atoms with E-state index in [-0.39, 0.29) is 30.1 Å². The molecule has 1 aromatic heterocycles. The van der Waals surface area contributed by atoms with Gasteiger partial charge in [-0.15, -0.1) is 11.3 Å². The van der Waals surface area contributed by atoms with Gasteiger partial charge < -0.3 is 15.0 Å². The summed E-state index contributed by atoms with van der Waals surface area (Å²) < 4.78 is 5.23. The predicted octanol–water partition coefficient (Wildman–Crippen LogP) is 3.32. The minimum Gasteiger partial charge on any atom is -0.457 e. The fourth-order valence-electron chi connectivity index (χ4n) is 3.25. The van der Waals surface area contributed by atoms with Crippen LogP contribution in [0.25, 0.3) is 0 Å². The number of thiophene rings is 1. The highest BCUT2D eigenvalue weighted by Crippen LogP contribution is 2.22. The van der Waals surface area contributed by atoms with E-state index in [9.17, 15) is 19.2 Å².